The van der Waals surface area contributed by atoms with Crippen molar-refractivity contribution < 1.29 is 14.4 Å². The van der Waals surface area contributed by atoms with Crippen molar-refractivity contribution in [3.05, 3.63) is 18.1 Å². The number of carbonyl (C=O) groups excluding carboxylic acids is 3. The summed E-state index contributed by atoms with van der Waals surface area (Å²) < 4.78 is 0. The Bertz CT molecular complexity index is 735. The number of hydrogen-bond acceptors (Lipinski definition) is 7. The molecule has 0 unspecified atom stereocenters. The molecule has 2 fully saturated rings. The molecule has 2 saturated heterocycles. The number of amides is 3. The van der Waals surface area contributed by atoms with Gasteiger partial charge in [-0.2, -0.15) is 5.26 Å². The highest BCUT2D eigenvalue weighted by Gasteiger charge is 2.30. The van der Waals surface area contributed by atoms with E-state index in [1.165, 1.54) is 6.20 Å². The highest BCUT2D eigenvalue weighted by molar-refractivity contribution is 6.04. The lowest BCUT2D eigenvalue weighted by Gasteiger charge is -2.33. The van der Waals surface area contributed by atoms with Crippen LogP contribution in [0.15, 0.2) is 12.4 Å². The second kappa shape index (κ2) is 7.91. The number of nitrogens with one attached hydrogen (secondary N) is 1. The van der Waals surface area contributed by atoms with Gasteiger partial charge in [-0.3, -0.25) is 19.3 Å². The molecule has 1 N–H and O–H groups in total. The van der Waals surface area contributed by atoms with Gasteiger partial charge in [-0.25, -0.2) is 9.97 Å². The lowest BCUT2D eigenvalue weighted by Crippen LogP contribution is -2.43. The maximum absolute atomic E-state index is 12.0. The van der Waals surface area contributed by atoms with Gasteiger partial charge in [0.05, 0.1) is 0 Å². The van der Waals surface area contributed by atoms with E-state index in [0.717, 1.165) is 30.8 Å². The predicted molar refractivity (Wildman–Crippen MR) is 90.6 cm³/mol. The van der Waals surface area contributed by atoms with Crippen LogP contribution in [0.5, 0.6) is 0 Å². The van der Waals surface area contributed by atoms with Crippen LogP contribution in [0.4, 0.5) is 5.82 Å². The van der Waals surface area contributed by atoms with Crippen LogP contribution in [0.2, 0.25) is 0 Å². The molecular weight excluding hydrogens is 336 g/mol. The lowest BCUT2D eigenvalue weighted by atomic mass is 9.96. The van der Waals surface area contributed by atoms with E-state index in [2.05, 4.69) is 21.4 Å². The molecule has 26 heavy (non-hydrogen) atoms. The second-order valence-electron chi connectivity index (χ2n) is 6.45. The fourth-order valence-corrected chi connectivity index (χ4v) is 3.25. The number of imide groups is 1. The molecule has 3 rings (SSSR count). The summed E-state index contributed by atoms with van der Waals surface area (Å²) in [6.07, 6.45) is 5.16. The average Bonchev–Trinajstić information content (AvgIpc) is 2.98. The van der Waals surface area contributed by atoms with Gasteiger partial charge >= 0.3 is 0 Å². The number of anilines is 1. The molecule has 0 aliphatic carbocycles. The summed E-state index contributed by atoms with van der Waals surface area (Å²) in [6.45, 7) is 1.78. The molecule has 1 aromatic heterocycles. The van der Waals surface area contributed by atoms with E-state index in [9.17, 15) is 14.4 Å². The summed E-state index contributed by atoms with van der Waals surface area (Å²) in [4.78, 5) is 46.4. The van der Waals surface area contributed by atoms with Crippen LogP contribution < -0.4 is 10.2 Å². The van der Waals surface area contributed by atoms with Gasteiger partial charge in [0.15, 0.2) is 11.5 Å². The number of piperidine rings is 1. The van der Waals surface area contributed by atoms with Crippen molar-refractivity contribution in [2.45, 2.75) is 25.7 Å². The zero-order valence-electron chi connectivity index (χ0n) is 14.3. The maximum Gasteiger partial charge on any atom is 0.240 e. The molecule has 9 nitrogen and oxygen atoms in total. The van der Waals surface area contributed by atoms with Crippen LogP contribution in [0.25, 0.3) is 0 Å². The first-order chi connectivity index (χ1) is 12.6. The van der Waals surface area contributed by atoms with E-state index in [0.29, 0.717) is 24.0 Å². The molecule has 0 bridgehead atoms. The van der Waals surface area contributed by atoms with Crippen molar-refractivity contribution in [1.82, 2.24) is 20.2 Å². The second-order valence-corrected chi connectivity index (χ2v) is 6.45. The number of aromatic nitrogens is 2. The molecule has 0 spiro atoms. The van der Waals surface area contributed by atoms with Gasteiger partial charge in [-0.05, 0) is 18.8 Å². The fraction of sp³-hybridized carbons (Fsp3) is 0.529. The van der Waals surface area contributed by atoms with Crippen LogP contribution in [0.1, 0.15) is 31.4 Å². The van der Waals surface area contributed by atoms with Gasteiger partial charge < -0.3 is 10.2 Å². The van der Waals surface area contributed by atoms with E-state index in [-0.39, 0.29) is 37.1 Å². The molecule has 0 saturated carbocycles. The fourth-order valence-electron chi connectivity index (χ4n) is 3.25. The highest BCUT2D eigenvalue weighted by atomic mass is 16.2. The third-order valence-corrected chi connectivity index (χ3v) is 4.74. The van der Waals surface area contributed by atoms with Crippen molar-refractivity contribution in [3.8, 4) is 6.07 Å². The number of rotatable bonds is 5. The largest absolute Gasteiger partial charge is 0.354 e. The van der Waals surface area contributed by atoms with Crippen molar-refractivity contribution in [1.29, 1.82) is 5.26 Å². The Kier molecular flexibility index (Phi) is 5.41. The molecule has 2 aliphatic heterocycles. The summed E-state index contributed by atoms with van der Waals surface area (Å²) >= 11 is 0. The zero-order chi connectivity index (χ0) is 18.5. The molecular formula is C17H20N6O3. The van der Waals surface area contributed by atoms with E-state index in [4.69, 9.17) is 5.26 Å². The van der Waals surface area contributed by atoms with Crippen molar-refractivity contribution in [2.24, 2.45) is 5.92 Å². The predicted octanol–water partition coefficient (Wildman–Crippen LogP) is -0.170. The van der Waals surface area contributed by atoms with E-state index >= 15 is 0 Å². The van der Waals surface area contributed by atoms with Gasteiger partial charge in [-0.1, -0.05) is 0 Å². The summed E-state index contributed by atoms with van der Waals surface area (Å²) in [5.41, 5.74) is 0.319. The van der Waals surface area contributed by atoms with Gasteiger partial charge in [0.1, 0.15) is 12.6 Å². The third kappa shape index (κ3) is 3.96. The first kappa shape index (κ1) is 17.8. The standard InChI is InChI=1S/C17H20N6O3/c18-9-13-17(20-6-5-19-13)22-7-3-12(4-8-22)10-21-14(24)11-23-15(25)1-2-16(23)26/h5-6,12H,1-4,7-8,10-11H2,(H,21,24). The molecule has 136 valence electrons. The minimum absolute atomic E-state index is 0.192. The summed E-state index contributed by atoms with van der Waals surface area (Å²) in [5, 5.41) is 11.9. The Morgan fingerprint density at radius 1 is 1.19 bits per heavy atom. The molecule has 3 amide bonds. The summed E-state index contributed by atoms with van der Waals surface area (Å²) in [6, 6.07) is 2.05. The van der Waals surface area contributed by atoms with Crippen LogP contribution in [-0.4, -0.2) is 58.8 Å². The number of hydrogen-bond donors (Lipinski definition) is 1. The Morgan fingerprint density at radius 2 is 1.85 bits per heavy atom. The number of likely N-dealkylation sites (tertiary alicyclic amines) is 1. The van der Waals surface area contributed by atoms with E-state index in [1.807, 2.05) is 4.90 Å². The number of carbonyl (C=O) groups is 3. The minimum atomic E-state index is -0.309. The molecule has 2 aliphatic rings. The first-order valence-corrected chi connectivity index (χ1v) is 8.64. The Morgan fingerprint density at radius 3 is 2.50 bits per heavy atom. The topological polar surface area (TPSA) is 119 Å². The summed E-state index contributed by atoms with van der Waals surface area (Å²) in [7, 11) is 0. The Labute approximate surface area is 151 Å². The molecule has 0 radical (unpaired) electrons. The third-order valence-electron chi connectivity index (χ3n) is 4.74. The smallest absolute Gasteiger partial charge is 0.240 e. The van der Waals surface area contributed by atoms with E-state index < -0.39 is 0 Å². The van der Waals surface area contributed by atoms with Crippen molar-refractivity contribution >= 4 is 23.5 Å². The summed E-state index contributed by atoms with van der Waals surface area (Å²) in [5.74, 6) is 0.0362. The Balaban J connectivity index is 1.44. The van der Waals surface area contributed by atoms with Crippen LogP contribution in [-0.2, 0) is 14.4 Å². The highest BCUT2D eigenvalue weighted by Crippen LogP contribution is 2.22. The molecule has 1 aromatic rings. The molecule has 9 heteroatoms. The molecule has 3 heterocycles. The minimum Gasteiger partial charge on any atom is -0.354 e. The van der Waals surface area contributed by atoms with Gasteiger partial charge in [0, 0.05) is 44.9 Å². The maximum atomic E-state index is 12.0. The monoisotopic (exact) mass is 356 g/mol. The van der Waals surface area contributed by atoms with Gasteiger partial charge in [0.2, 0.25) is 17.7 Å². The van der Waals surface area contributed by atoms with Crippen LogP contribution in [0.3, 0.4) is 0 Å². The normalized spacial score (nSPS) is 18.1. The molecule has 0 atom stereocenters. The van der Waals surface area contributed by atoms with E-state index in [1.54, 1.807) is 6.20 Å². The number of nitrogens with zero attached hydrogens (tertiary/aromatic N) is 5. The van der Waals surface area contributed by atoms with Crippen molar-refractivity contribution in [2.75, 3.05) is 31.1 Å². The van der Waals surface area contributed by atoms with Crippen LogP contribution in [0, 0.1) is 17.2 Å². The zero-order valence-corrected chi connectivity index (χ0v) is 14.3. The number of nitriles is 1. The quantitative estimate of drug-likeness (QED) is 0.727. The first-order valence-electron chi connectivity index (χ1n) is 8.64. The van der Waals surface area contributed by atoms with Crippen LogP contribution >= 0.6 is 0 Å². The lowest BCUT2D eigenvalue weighted by molar-refractivity contribution is -0.142. The van der Waals surface area contributed by atoms with Crippen molar-refractivity contribution in [3.63, 3.8) is 0 Å². The SMILES string of the molecule is N#Cc1nccnc1N1CCC(CNC(=O)CN2C(=O)CCC2=O)CC1. The molecule has 0 aromatic carbocycles. The average molecular weight is 356 g/mol. The Hall–Kier alpha value is -3.02. The van der Waals surface area contributed by atoms with Gasteiger partial charge in [0.25, 0.3) is 0 Å². The van der Waals surface area contributed by atoms with Gasteiger partial charge in [-0.15, -0.1) is 0 Å².